The van der Waals surface area contributed by atoms with Gasteiger partial charge < -0.3 is 24.7 Å². The predicted octanol–water partition coefficient (Wildman–Crippen LogP) is 5.47. The number of methoxy groups -OCH3 is 1. The maximum absolute atomic E-state index is 14.2. The molecule has 2 N–H and O–H groups in total. The monoisotopic (exact) mass is 625 g/mol. The van der Waals surface area contributed by atoms with E-state index in [1.807, 2.05) is 38.1 Å². The van der Waals surface area contributed by atoms with Crippen molar-refractivity contribution in [2.45, 2.75) is 57.4 Å². The van der Waals surface area contributed by atoms with Crippen LogP contribution in [0.25, 0.3) is 44.5 Å². The largest absolute Gasteiger partial charge is 0.453 e. The van der Waals surface area contributed by atoms with E-state index >= 15 is 0 Å². The number of hydrogen-bond donors (Lipinski definition) is 2. The van der Waals surface area contributed by atoms with Gasteiger partial charge in [-0.25, -0.2) is 14.6 Å². The van der Waals surface area contributed by atoms with Crippen LogP contribution in [0.2, 0.25) is 0 Å². The molecule has 238 valence electrons. The lowest BCUT2D eigenvalue weighted by Crippen LogP contribution is -2.33. The molecule has 0 spiro atoms. The van der Waals surface area contributed by atoms with E-state index in [2.05, 4.69) is 21.4 Å². The Kier molecular flexibility index (Phi) is 6.22. The first kappa shape index (κ1) is 26.3. The van der Waals surface area contributed by atoms with Crippen molar-refractivity contribution >= 4 is 34.1 Å². The second-order valence-electron chi connectivity index (χ2n) is 12.8. The highest BCUT2D eigenvalue weighted by atomic mass is 16.5. The van der Waals surface area contributed by atoms with Crippen LogP contribution in [0, 0.1) is 0 Å². The number of nitrogens with zero attached hydrogens (tertiary/aromatic N) is 4. The van der Waals surface area contributed by atoms with Crippen LogP contribution in [0.1, 0.15) is 64.7 Å². The zero-order valence-corrected chi connectivity index (χ0v) is 26.4. The molecular formula is C35H38N6O5. The molecule has 11 heteroatoms. The maximum Gasteiger partial charge on any atom is 0.407 e. The summed E-state index contributed by atoms with van der Waals surface area (Å²) in [5.41, 5.74) is 5.68. The molecule has 3 aromatic heterocycles. The highest BCUT2D eigenvalue weighted by molar-refractivity contribution is 6.14. The lowest BCUT2D eigenvalue weighted by Gasteiger charge is -2.18. The first-order valence-corrected chi connectivity index (χ1v) is 15.3. The number of aromatic nitrogens is 4. The topological polar surface area (TPSA) is 123 Å². The summed E-state index contributed by atoms with van der Waals surface area (Å²) in [7, 11) is 4.69. The molecule has 1 fully saturated rings. The minimum Gasteiger partial charge on any atom is -0.453 e. The second-order valence-corrected chi connectivity index (χ2v) is 12.8. The standard InChI is InChI=1S/C35H38N6O5/c1-35(2)25-14-11-21(15-22(25)18-46-35)27-28-30-26(40(5)34(44)41(30)24-13-12-23(16-24)37-33(43)45-6)17-36-31(28)38-29(27)19-7-9-20(10-8-19)32(42)39(3)4/h7-11,14-15,17,23-24H,12-13,16,18H2,1-6H3,(H,36,38)(H,37,43)/t23-,24-/m1/s1/i5D3. The summed E-state index contributed by atoms with van der Waals surface area (Å²) < 4.78 is 38.3. The average molecular weight is 626 g/mol. The summed E-state index contributed by atoms with van der Waals surface area (Å²) in [6.45, 7) is 1.71. The second kappa shape index (κ2) is 10.9. The highest BCUT2D eigenvalue weighted by Crippen LogP contribution is 2.45. The SMILES string of the molecule is [2H]C([2H])([2H])n1c(=O)n([C@@H]2CC[C@@H](NC(=O)OC)C2)c2c3c(-c4ccc5c(c4)COC5(C)C)c(-c4ccc(C(=O)N(C)C)cc4)[nH]c3ncc21. The Bertz CT molecular complexity index is 2200. The molecule has 46 heavy (non-hydrogen) atoms. The Labute approximate surface area is 270 Å². The van der Waals surface area contributed by atoms with Gasteiger partial charge in [0.1, 0.15) is 5.65 Å². The molecule has 1 saturated carbocycles. The summed E-state index contributed by atoms with van der Waals surface area (Å²) in [5.74, 6) is -0.125. The van der Waals surface area contributed by atoms with Crippen LogP contribution in [0.3, 0.4) is 0 Å². The van der Waals surface area contributed by atoms with Gasteiger partial charge in [-0.1, -0.05) is 24.3 Å². The first-order chi connectivity index (χ1) is 23.2. The van der Waals surface area contributed by atoms with E-state index in [-0.39, 0.29) is 17.5 Å². The Balaban J connectivity index is 1.52. The highest BCUT2D eigenvalue weighted by Gasteiger charge is 2.34. The maximum atomic E-state index is 14.2. The van der Waals surface area contributed by atoms with E-state index in [1.165, 1.54) is 18.2 Å². The predicted molar refractivity (Wildman–Crippen MR) is 176 cm³/mol. The van der Waals surface area contributed by atoms with Gasteiger partial charge >= 0.3 is 11.8 Å². The fraction of sp³-hybridized carbons (Fsp3) is 0.371. The smallest absolute Gasteiger partial charge is 0.407 e. The number of carbonyl (C=O) groups excluding carboxylic acids is 2. The van der Waals surface area contributed by atoms with Gasteiger partial charge in [-0.2, -0.15) is 0 Å². The van der Waals surface area contributed by atoms with Crippen molar-refractivity contribution in [2.24, 2.45) is 6.98 Å². The van der Waals surface area contributed by atoms with Crippen LogP contribution in [0.4, 0.5) is 4.79 Å². The molecule has 1 aliphatic heterocycles. The van der Waals surface area contributed by atoms with E-state index in [9.17, 15) is 14.4 Å². The normalized spacial score (nSPS) is 19.9. The Morgan fingerprint density at radius 2 is 1.91 bits per heavy atom. The van der Waals surface area contributed by atoms with Crippen LogP contribution in [0.5, 0.6) is 0 Å². The number of rotatable bonds is 5. The molecule has 7 rings (SSSR count). The van der Waals surface area contributed by atoms with Crippen molar-refractivity contribution in [3.63, 3.8) is 0 Å². The van der Waals surface area contributed by atoms with Crippen LogP contribution in [0.15, 0.2) is 53.5 Å². The molecule has 2 aliphatic rings. The number of pyridine rings is 1. The zero-order valence-electron chi connectivity index (χ0n) is 29.4. The quantitative estimate of drug-likeness (QED) is 0.267. The third kappa shape index (κ3) is 4.68. The Morgan fingerprint density at radius 1 is 1.15 bits per heavy atom. The molecule has 11 nitrogen and oxygen atoms in total. The first-order valence-electron chi connectivity index (χ1n) is 16.8. The van der Waals surface area contributed by atoms with Crippen molar-refractivity contribution < 1.29 is 23.2 Å². The Morgan fingerprint density at radius 3 is 2.63 bits per heavy atom. The molecule has 0 saturated heterocycles. The third-order valence-electron chi connectivity index (χ3n) is 9.39. The zero-order chi connectivity index (χ0) is 35.0. The molecule has 2 amide bonds. The van der Waals surface area contributed by atoms with E-state index in [4.69, 9.17) is 13.6 Å². The van der Waals surface area contributed by atoms with E-state index in [0.717, 1.165) is 32.4 Å². The number of aromatic amines is 1. The fourth-order valence-corrected chi connectivity index (χ4v) is 7.07. The Hall–Kier alpha value is -4.90. The number of imidazole rings is 1. The van der Waals surface area contributed by atoms with Gasteiger partial charge in [-0.05, 0) is 73.6 Å². The molecule has 1 aliphatic carbocycles. The summed E-state index contributed by atoms with van der Waals surface area (Å²) in [6.07, 6.45) is 2.41. The van der Waals surface area contributed by atoms with Crippen molar-refractivity contribution in [1.29, 1.82) is 0 Å². The number of benzene rings is 2. The number of alkyl carbamates (subject to hydrolysis) is 1. The molecule has 0 unspecified atom stereocenters. The number of fused-ring (bicyclic) bond motifs is 4. The lowest BCUT2D eigenvalue weighted by molar-refractivity contribution is -0.00789. The molecule has 0 bridgehead atoms. The number of aryl methyl sites for hydroxylation is 1. The molecular weight excluding hydrogens is 584 g/mol. The summed E-state index contributed by atoms with van der Waals surface area (Å²) in [5, 5.41) is 3.43. The number of H-pyrrole nitrogens is 1. The van der Waals surface area contributed by atoms with E-state index < -0.39 is 30.4 Å². The van der Waals surface area contributed by atoms with Gasteiger partial charge in [0, 0.05) is 48.4 Å². The van der Waals surface area contributed by atoms with Crippen molar-refractivity contribution in [3.05, 3.63) is 75.8 Å². The van der Waals surface area contributed by atoms with E-state index in [0.29, 0.717) is 53.7 Å². The number of nitrogens with one attached hydrogen (secondary N) is 2. The molecule has 5 aromatic rings. The van der Waals surface area contributed by atoms with Gasteiger partial charge in [0.2, 0.25) is 0 Å². The van der Waals surface area contributed by atoms with Gasteiger partial charge in [0.05, 0.1) is 47.6 Å². The van der Waals surface area contributed by atoms with Crippen molar-refractivity contribution in [2.75, 3.05) is 21.2 Å². The number of ether oxygens (including phenoxy) is 2. The molecule has 2 atom stereocenters. The minimum atomic E-state index is -2.77. The average Bonchev–Trinajstić information content (AvgIpc) is 3.81. The van der Waals surface area contributed by atoms with Crippen LogP contribution >= 0.6 is 0 Å². The summed E-state index contributed by atoms with van der Waals surface area (Å²) >= 11 is 0. The molecule has 4 heterocycles. The molecule has 2 aromatic carbocycles. The van der Waals surface area contributed by atoms with Crippen LogP contribution in [-0.2, 0) is 28.7 Å². The number of carbonyl (C=O) groups is 2. The van der Waals surface area contributed by atoms with E-state index in [1.54, 1.807) is 30.8 Å². The molecule has 0 radical (unpaired) electrons. The van der Waals surface area contributed by atoms with Crippen molar-refractivity contribution in [3.8, 4) is 22.4 Å². The van der Waals surface area contributed by atoms with Gasteiger partial charge in [0.25, 0.3) is 5.91 Å². The number of hydrogen-bond acceptors (Lipinski definition) is 6. The number of amides is 2. The third-order valence-corrected chi connectivity index (χ3v) is 9.39. The fourth-order valence-electron chi connectivity index (χ4n) is 7.07. The summed E-state index contributed by atoms with van der Waals surface area (Å²) in [6, 6.07) is 12.7. The minimum absolute atomic E-state index is 0.125. The van der Waals surface area contributed by atoms with Crippen LogP contribution in [-0.4, -0.2) is 63.2 Å². The van der Waals surface area contributed by atoms with Gasteiger partial charge in [-0.3, -0.25) is 13.9 Å². The van der Waals surface area contributed by atoms with Crippen LogP contribution < -0.4 is 11.0 Å². The van der Waals surface area contributed by atoms with Gasteiger partial charge in [0.15, 0.2) is 0 Å². The van der Waals surface area contributed by atoms with Gasteiger partial charge in [-0.15, -0.1) is 0 Å². The lowest BCUT2D eigenvalue weighted by atomic mass is 9.91. The van der Waals surface area contributed by atoms with Crippen molar-refractivity contribution in [1.82, 2.24) is 29.3 Å². The summed E-state index contributed by atoms with van der Waals surface area (Å²) in [4.78, 5) is 48.6.